The zero-order valence-corrected chi connectivity index (χ0v) is 7.47. The van der Waals surface area contributed by atoms with Crippen LogP contribution >= 0.6 is 0 Å². The average Bonchev–Trinajstić information content (AvgIpc) is 2.04. The first-order chi connectivity index (χ1) is 6.00. The summed E-state index contributed by atoms with van der Waals surface area (Å²) in [7, 11) is 0. The van der Waals surface area contributed by atoms with E-state index < -0.39 is 24.4 Å². The van der Waals surface area contributed by atoms with Gasteiger partial charge in [0.15, 0.2) is 6.17 Å². The Hall–Kier alpha value is -0.740. The molecule has 0 fully saturated rings. The minimum absolute atomic E-state index is 0.0946. The van der Waals surface area contributed by atoms with E-state index in [1.165, 1.54) is 0 Å². The molecule has 2 nitrogen and oxygen atoms in total. The van der Waals surface area contributed by atoms with Crippen LogP contribution in [0.3, 0.4) is 0 Å². The number of hydrogen-bond acceptors (Lipinski definition) is 1. The van der Waals surface area contributed by atoms with Crippen LogP contribution < -0.4 is 5.73 Å². The molecule has 1 amide bonds. The smallest absolute Gasteiger partial charge is 0.270 e. The highest BCUT2D eigenvalue weighted by Crippen LogP contribution is 2.21. The van der Waals surface area contributed by atoms with Gasteiger partial charge in [-0.3, -0.25) is 4.79 Å². The molecule has 0 aromatic heterocycles. The van der Waals surface area contributed by atoms with E-state index in [9.17, 15) is 18.0 Å². The van der Waals surface area contributed by atoms with Crippen LogP contribution in [0.5, 0.6) is 0 Å². The van der Waals surface area contributed by atoms with Gasteiger partial charge in [-0.1, -0.05) is 19.8 Å². The van der Waals surface area contributed by atoms with Crippen molar-refractivity contribution >= 4 is 5.91 Å². The largest absolute Gasteiger partial charge is 0.369 e. The third-order valence-corrected chi connectivity index (χ3v) is 1.86. The molecule has 13 heavy (non-hydrogen) atoms. The second-order valence-electron chi connectivity index (χ2n) is 2.93. The van der Waals surface area contributed by atoms with Crippen LogP contribution in [0.15, 0.2) is 0 Å². The van der Waals surface area contributed by atoms with E-state index in [0.717, 1.165) is 6.42 Å². The van der Waals surface area contributed by atoms with Crippen molar-refractivity contribution in [2.45, 2.75) is 38.8 Å². The Bertz CT molecular complexity index is 163. The summed E-state index contributed by atoms with van der Waals surface area (Å²) in [6, 6.07) is 0. The summed E-state index contributed by atoms with van der Waals surface area (Å²) >= 11 is 0. The number of nitrogens with two attached hydrogens (primary N) is 1. The summed E-state index contributed by atoms with van der Waals surface area (Å²) in [5.74, 6) is -2.33. The molecule has 0 saturated heterocycles. The molecule has 0 aliphatic rings. The highest BCUT2D eigenvalue weighted by molar-refractivity contribution is 5.77. The van der Waals surface area contributed by atoms with Crippen molar-refractivity contribution < 1.29 is 18.0 Å². The molecule has 2 N–H and O–H groups in total. The number of unbranched alkanes of at least 4 members (excludes halogenated alkanes) is 1. The quantitative estimate of drug-likeness (QED) is 0.694. The number of rotatable bonds is 6. The van der Waals surface area contributed by atoms with Crippen LogP contribution in [0.2, 0.25) is 0 Å². The minimum atomic E-state index is -3.13. The number of carbonyl (C=O) groups excluding carboxylic acids is 1. The van der Waals surface area contributed by atoms with Crippen molar-refractivity contribution in [2.75, 3.05) is 0 Å². The fourth-order valence-corrected chi connectivity index (χ4v) is 1.06. The van der Waals surface area contributed by atoms with Gasteiger partial charge in [-0.2, -0.15) is 0 Å². The predicted molar refractivity (Wildman–Crippen MR) is 43.1 cm³/mol. The molecule has 0 bridgehead atoms. The topological polar surface area (TPSA) is 43.1 Å². The van der Waals surface area contributed by atoms with Gasteiger partial charge in [-0.25, -0.2) is 13.2 Å². The van der Waals surface area contributed by atoms with E-state index in [2.05, 4.69) is 0 Å². The van der Waals surface area contributed by atoms with Gasteiger partial charge < -0.3 is 5.73 Å². The summed E-state index contributed by atoms with van der Waals surface area (Å²) in [4.78, 5) is 10.6. The van der Waals surface area contributed by atoms with Crippen molar-refractivity contribution in [3.8, 4) is 0 Å². The van der Waals surface area contributed by atoms with Gasteiger partial charge in [-0.15, -0.1) is 0 Å². The van der Waals surface area contributed by atoms with Crippen LogP contribution in [0.1, 0.15) is 26.2 Å². The summed E-state index contributed by atoms with van der Waals surface area (Å²) in [6.07, 6.45) is -4.21. The maximum Gasteiger partial charge on any atom is 0.270 e. The number of carbonyl (C=O) groups is 1. The SMILES string of the molecule is CCCCC(C(N)=O)C(F)C(F)F. The number of alkyl halides is 3. The Morgan fingerprint density at radius 1 is 1.38 bits per heavy atom. The monoisotopic (exact) mass is 197 g/mol. The van der Waals surface area contributed by atoms with Crippen molar-refractivity contribution in [3.63, 3.8) is 0 Å². The molecule has 0 saturated carbocycles. The molecular weight excluding hydrogens is 183 g/mol. The molecule has 2 atom stereocenters. The van der Waals surface area contributed by atoms with E-state index in [1.54, 1.807) is 0 Å². The van der Waals surface area contributed by atoms with Crippen LogP contribution in [-0.2, 0) is 4.79 Å². The van der Waals surface area contributed by atoms with Crippen LogP contribution in [0.4, 0.5) is 13.2 Å². The highest BCUT2D eigenvalue weighted by atomic mass is 19.3. The van der Waals surface area contributed by atoms with Gasteiger partial charge in [0.05, 0.1) is 5.92 Å². The predicted octanol–water partition coefficient (Wildman–Crippen LogP) is 1.88. The molecule has 0 aliphatic carbocycles. The summed E-state index contributed by atoms with van der Waals surface area (Å²) in [6.45, 7) is 1.83. The maximum atomic E-state index is 12.7. The molecule has 0 aromatic rings. The first kappa shape index (κ1) is 12.3. The highest BCUT2D eigenvalue weighted by Gasteiger charge is 2.32. The zero-order chi connectivity index (χ0) is 10.4. The van der Waals surface area contributed by atoms with E-state index in [0.29, 0.717) is 6.42 Å². The van der Waals surface area contributed by atoms with Gasteiger partial charge in [0.1, 0.15) is 0 Å². The second-order valence-corrected chi connectivity index (χ2v) is 2.93. The summed E-state index contributed by atoms with van der Waals surface area (Å²) < 4.78 is 36.5. The lowest BCUT2D eigenvalue weighted by atomic mass is 9.96. The Kier molecular flexibility index (Phi) is 5.50. The van der Waals surface area contributed by atoms with Gasteiger partial charge >= 0.3 is 0 Å². The molecule has 0 spiro atoms. The molecule has 0 radical (unpaired) electrons. The molecule has 5 heteroatoms. The normalized spacial score (nSPS) is 15.8. The second kappa shape index (κ2) is 5.83. The molecule has 0 aliphatic heterocycles. The number of hydrogen-bond donors (Lipinski definition) is 1. The fourth-order valence-electron chi connectivity index (χ4n) is 1.06. The van der Waals surface area contributed by atoms with E-state index in [1.807, 2.05) is 6.92 Å². The Balaban J connectivity index is 4.15. The lowest BCUT2D eigenvalue weighted by Gasteiger charge is -2.16. The Morgan fingerprint density at radius 2 is 1.92 bits per heavy atom. The molecular formula is C8H14F3NO. The van der Waals surface area contributed by atoms with E-state index in [4.69, 9.17) is 5.73 Å². The number of halogens is 3. The lowest BCUT2D eigenvalue weighted by Crippen LogP contribution is -2.35. The third-order valence-electron chi connectivity index (χ3n) is 1.86. The fraction of sp³-hybridized carbons (Fsp3) is 0.875. The van der Waals surface area contributed by atoms with Crippen molar-refractivity contribution in [1.29, 1.82) is 0 Å². The van der Waals surface area contributed by atoms with Gasteiger partial charge in [0.25, 0.3) is 6.43 Å². The summed E-state index contributed by atoms with van der Waals surface area (Å²) in [5.41, 5.74) is 4.80. The molecule has 0 rings (SSSR count). The Morgan fingerprint density at radius 3 is 2.23 bits per heavy atom. The standard InChI is InChI=1S/C8H14F3NO/c1-2-3-4-5(8(12)13)6(9)7(10)11/h5-7H,2-4H2,1H3,(H2,12,13). The Labute approximate surface area is 75.3 Å². The number of amides is 1. The molecule has 0 heterocycles. The van der Waals surface area contributed by atoms with E-state index >= 15 is 0 Å². The van der Waals surface area contributed by atoms with Crippen LogP contribution in [0.25, 0.3) is 0 Å². The minimum Gasteiger partial charge on any atom is -0.369 e. The molecule has 78 valence electrons. The summed E-state index contributed by atoms with van der Waals surface area (Å²) in [5, 5.41) is 0. The van der Waals surface area contributed by atoms with Gasteiger partial charge in [0.2, 0.25) is 5.91 Å². The van der Waals surface area contributed by atoms with Crippen LogP contribution in [0, 0.1) is 5.92 Å². The van der Waals surface area contributed by atoms with E-state index in [-0.39, 0.29) is 6.42 Å². The van der Waals surface area contributed by atoms with Crippen molar-refractivity contribution in [3.05, 3.63) is 0 Å². The third kappa shape index (κ3) is 4.15. The first-order valence-corrected chi connectivity index (χ1v) is 4.22. The average molecular weight is 197 g/mol. The van der Waals surface area contributed by atoms with Crippen LogP contribution in [-0.4, -0.2) is 18.5 Å². The molecule has 2 unspecified atom stereocenters. The van der Waals surface area contributed by atoms with Crippen molar-refractivity contribution in [1.82, 2.24) is 0 Å². The van der Waals surface area contributed by atoms with Gasteiger partial charge in [0, 0.05) is 0 Å². The molecule has 0 aromatic carbocycles. The maximum absolute atomic E-state index is 12.7. The van der Waals surface area contributed by atoms with Gasteiger partial charge in [-0.05, 0) is 6.42 Å². The first-order valence-electron chi connectivity index (χ1n) is 4.22. The lowest BCUT2D eigenvalue weighted by molar-refractivity contribution is -0.127. The zero-order valence-electron chi connectivity index (χ0n) is 7.47. The number of primary amides is 1. The van der Waals surface area contributed by atoms with Crippen molar-refractivity contribution in [2.24, 2.45) is 11.7 Å².